The summed E-state index contributed by atoms with van der Waals surface area (Å²) >= 11 is 0. The van der Waals surface area contributed by atoms with Gasteiger partial charge in [0.25, 0.3) is 5.91 Å². The number of carbonyl (C=O) groups is 1. The standard InChI is InChI=1S/C22H23N5O/c28-22(19-7-5-18(6-8-19)20-14-23-17-24-15-20)27-11-3-10-26(12-13-27)16-21-4-1-2-9-25-21/h1-2,4-9,14-15,17H,3,10-13,16H2. The minimum Gasteiger partial charge on any atom is -0.337 e. The van der Waals surface area contributed by atoms with E-state index in [1.54, 1.807) is 12.4 Å². The van der Waals surface area contributed by atoms with Gasteiger partial charge in [0, 0.05) is 62.4 Å². The Hall–Kier alpha value is -3.12. The van der Waals surface area contributed by atoms with Gasteiger partial charge in [0.15, 0.2) is 0 Å². The molecule has 0 N–H and O–H groups in total. The summed E-state index contributed by atoms with van der Waals surface area (Å²) in [5.74, 6) is 0.0931. The maximum atomic E-state index is 12.9. The van der Waals surface area contributed by atoms with Crippen molar-refractivity contribution >= 4 is 5.91 Å². The largest absolute Gasteiger partial charge is 0.337 e. The minimum atomic E-state index is 0.0931. The normalized spacial score (nSPS) is 15.2. The van der Waals surface area contributed by atoms with Gasteiger partial charge in [0.05, 0.1) is 5.69 Å². The Morgan fingerprint density at radius 2 is 1.71 bits per heavy atom. The molecule has 3 heterocycles. The second-order valence-corrected chi connectivity index (χ2v) is 6.95. The third-order valence-corrected chi connectivity index (χ3v) is 5.01. The van der Waals surface area contributed by atoms with E-state index in [-0.39, 0.29) is 5.91 Å². The molecule has 28 heavy (non-hydrogen) atoms. The van der Waals surface area contributed by atoms with Crippen LogP contribution in [0.4, 0.5) is 0 Å². The van der Waals surface area contributed by atoms with Crippen LogP contribution in [-0.4, -0.2) is 56.8 Å². The van der Waals surface area contributed by atoms with Gasteiger partial charge in [-0.1, -0.05) is 18.2 Å². The number of benzene rings is 1. The molecule has 1 aromatic carbocycles. The molecule has 0 atom stereocenters. The van der Waals surface area contributed by atoms with Crippen molar-refractivity contribution in [3.05, 3.63) is 78.6 Å². The van der Waals surface area contributed by atoms with E-state index in [1.165, 1.54) is 6.33 Å². The summed E-state index contributed by atoms with van der Waals surface area (Å²) in [6, 6.07) is 13.7. The summed E-state index contributed by atoms with van der Waals surface area (Å²) in [5, 5.41) is 0. The molecule has 1 aliphatic heterocycles. The minimum absolute atomic E-state index is 0.0931. The Morgan fingerprint density at radius 3 is 2.46 bits per heavy atom. The van der Waals surface area contributed by atoms with E-state index in [9.17, 15) is 4.79 Å². The predicted octanol–water partition coefficient (Wildman–Crippen LogP) is 2.89. The van der Waals surface area contributed by atoms with E-state index in [0.29, 0.717) is 0 Å². The van der Waals surface area contributed by atoms with Gasteiger partial charge >= 0.3 is 0 Å². The first kappa shape index (κ1) is 18.3. The first-order valence-electron chi connectivity index (χ1n) is 9.56. The third-order valence-electron chi connectivity index (χ3n) is 5.01. The highest BCUT2D eigenvalue weighted by atomic mass is 16.2. The number of hydrogen-bond acceptors (Lipinski definition) is 5. The summed E-state index contributed by atoms with van der Waals surface area (Å²) in [4.78, 5) is 29.8. The SMILES string of the molecule is O=C(c1ccc(-c2cncnc2)cc1)N1CCCN(Cc2ccccn2)CC1. The van der Waals surface area contributed by atoms with E-state index in [0.717, 1.165) is 61.5 Å². The van der Waals surface area contributed by atoms with Crippen LogP contribution in [0.25, 0.3) is 11.1 Å². The molecule has 6 heteroatoms. The molecule has 6 nitrogen and oxygen atoms in total. The summed E-state index contributed by atoms with van der Waals surface area (Å²) in [6.07, 6.45) is 7.85. The van der Waals surface area contributed by atoms with Crippen LogP contribution < -0.4 is 0 Å². The van der Waals surface area contributed by atoms with Gasteiger partial charge < -0.3 is 4.90 Å². The van der Waals surface area contributed by atoms with E-state index in [1.807, 2.05) is 53.6 Å². The van der Waals surface area contributed by atoms with Gasteiger partial charge in [0.1, 0.15) is 6.33 Å². The molecule has 1 saturated heterocycles. The average molecular weight is 373 g/mol. The number of hydrogen-bond donors (Lipinski definition) is 0. The molecule has 0 bridgehead atoms. The van der Waals surface area contributed by atoms with Crippen molar-refractivity contribution in [3.63, 3.8) is 0 Å². The molecule has 0 spiro atoms. The molecule has 142 valence electrons. The van der Waals surface area contributed by atoms with Crippen molar-refractivity contribution < 1.29 is 4.79 Å². The first-order valence-corrected chi connectivity index (χ1v) is 9.56. The fraction of sp³-hybridized carbons (Fsp3) is 0.273. The summed E-state index contributed by atoms with van der Waals surface area (Å²) in [6.45, 7) is 4.19. The van der Waals surface area contributed by atoms with Crippen LogP contribution in [0.15, 0.2) is 67.4 Å². The van der Waals surface area contributed by atoms with Crippen LogP contribution in [0, 0.1) is 0 Å². The molecule has 4 rings (SSSR count). The van der Waals surface area contributed by atoms with Gasteiger partial charge in [-0.2, -0.15) is 0 Å². The second kappa shape index (κ2) is 8.71. The molecule has 0 radical (unpaired) electrons. The van der Waals surface area contributed by atoms with Gasteiger partial charge in [-0.25, -0.2) is 9.97 Å². The zero-order chi connectivity index (χ0) is 19.2. The molecule has 2 aromatic heterocycles. The highest BCUT2D eigenvalue weighted by molar-refractivity contribution is 5.94. The average Bonchev–Trinajstić information content (AvgIpc) is 3.00. The lowest BCUT2D eigenvalue weighted by atomic mass is 10.1. The molecule has 0 aliphatic carbocycles. The number of rotatable bonds is 4. The molecule has 3 aromatic rings. The van der Waals surface area contributed by atoms with E-state index < -0.39 is 0 Å². The van der Waals surface area contributed by atoms with E-state index >= 15 is 0 Å². The quantitative estimate of drug-likeness (QED) is 0.704. The summed E-state index contributed by atoms with van der Waals surface area (Å²) in [7, 11) is 0. The Bertz CT molecular complexity index is 899. The molecule has 1 aliphatic rings. The fourth-order valence-electron chi connectivity index (χ4n) is 3.49. The van der Waals surface area contributed by atoms with Crippen molar-refractivity contribution in [2.75, 3.05) is 26.2 Å². The summed E-state index contributed by atoms with van der Waals surface area (Å²) < 4.78 is 0. The molecular formula is C22H23N5O. The molecule has 1 amide bonds. The van der Waals surface area contributed by atoms with Crippen LogP contribution in [0.3, 0.4) is 0 Å². The Balaban J connectivity index is 1.38. The maximum Gasteiger partial charge on any atom is 0.253 e. The Morgan fingerprint density at radius 1 is 0.893 bits per heavy atom. The lowest BCUT2D eigenvalue weighted by molar-refractivity contribution is 0.0761. The van der Waals surface area contributed by atoms with Gasteiger partial charge in [-0.3, -0.25) is 14.7 Å². The van der Waals surface area contributed by atoms with E-state index in [4.69, 9.17) is 0 Å². The highest BCUT2D eigenvalue weighted by Gasteiger charge is 2.20. The summed E-state index contributed by atoms with van der Waals surface area (Å²) in [5.41, 5.74) is 3.75. The topological polar surface area (TPSA) is 62.2 Å². The smallest absolute Gasteiger partial charge is 0.253 e. The number of amides is 1. The lowest BCUT2D eigenvalue weighted by Gasteiger charge is -2.22. The van der Waals surface area contributed by atoms with Crippen molar-refractivity contribution in [2.24, 2.45) is 0 Å². The highest BCUT2D eigenvalue weighted by Crippen LogP contribution is 2.19. The van der Waals surface area contributed by atoms with E-state index in [2.05, 4.69) is 19.9 Å². The first-order chi connectivity index (χ1) is 13.8. The van der Waals surface area contributed by atoms with Crippen LogP contribution in [0.2, 0.25) is 0 Å². The number of aromatic nitrogens is 3. The molecule has 0 unspecified atom stereocenters. The number of carbonyl (C=O) groups excluding carboxylic acids is 1. The zero-order valence-electron chi connectivity index (χ0n) is 15.7. The van der Waals surface area contributed by atoms with Gasteiger partial charge in [-0.05, 0) is 36.2 Å². The number of pyridine rings is 1. The van der Waals surface area contributed by atoms with Crippen LogP contribution >= 0.6 is 0 Å². The monoisotopic (exact) mass is 373 g/mol. The predicted molar refractivity (Wildman–Crippen MR) is 108 cm³/mol. The Labute approximate surface area is 164 Å². The van der Waals surface area contributed by atoms with Crippen molar-refractivity contribution in [3.8, 4) is 11.1 Å². The third kappa shape index (κ3) is 4.40. The maximum absolute atomic E-state index is 12.9. The van der Waals surface area contributed by atoms with Crippen molar-refractivity contribution in [1.82, 2.24) is 24.8 Å². The zero-order valence-corrected chi connectivity index (χ0v) is 15.7. The lowest BCUT2D eigenvalue weighted by Crippen LogP contribution is -2.35. The van der Waals surface area contributed by atoms with Gasteiger partial charge in [0.2, 0.25) is 0 Å². The van der Waals surface area contributed by atoms with Gasteiger partial charge in [-0.15, -0.1) is 0 Å². The van der Waals surface area contributed by atoms with Crippen molar-refractivity contribution in [1.29, 1.82) is 0 Å². The van der Waals surface area contributed by atoms with Crippen LogP contribution in [0.1, 0.15) is 22.5 Å². The van der Waals surface area contributed by atoms with Crippen molar-refractivity contribution in [2.45, 2.75) is 13.0 Å². The molecule has 0 saturated carbocycles. The second-order valence-electron chi connectivity index (χ2n) is 6.95. The Kier molecular flexibility index (Phi) is 5.68. The number of nitrogens with zero attached hydrogens (tertiary/aromatic N) is 5. The van der Waals surface area contributed by atoms with Crippen LogP contribution in [-0.2, 0) is 6.54 Å². The molecule has 1 fully saturated rings. The molecular weight excluding hydrogens is 350 g/mol. The fourth-order valence-corrected chi connectivity index (χ4v) is 3.49. The van der Waals surface area contributed by atoms with Crippen LogP contribution in [0.5, 0.6) is 0 Å².